The smallest absolute Gasteiger partial charge is 0.406 e. The van der Waals surface area contributed by atoms with Crippen molar-refractivity contribution < 1.29 is 17.9 Å². The molecule has 0 saturated carbocycles. The normalized spacial score (nSPS) is 12.2. The zero-order valence-corrected chi connectivity index (χ0v) is 10.8. The van der Waals surface area contributed by atoms with Crippen LogP contribution >= 0.6 is 0 Å². The Balaban J connectivity index is 2.85. The summed E-state index contributed by atoms with van der Waals surface area (Å²) in [4.78, 5) is 0. The molecular weight excluding hydrogens is 253 g/mol. The molecule has 0 unspecified atom stereocenters. The number of hydrogen-bond acceptors (Lipinski definition) is 1. The number of rotatable bonds is 4. The third-order valence-electron chi connectivity index (χ3n) is 2.52. The summed E-state index contributed by atoms with van der Waals surface area (Å²) in [5.74, 6) is -0.246. The molecule has 19 heavy (non-hydrogen) atoms. The van der Waals surface area contributed by atoms with E-state index in [4.69, 9.17) is 0 Å². The maximum absolute atomic E-state index is 12.0. The van der Waals surface area contributed by atoms with Gasteiger partial charge in [0.25, 0.3) is 0 Å². The van der Waals surface area contributed by atoms with E-state index in [0.717, 1.165) is 16.7 Å². The lowest BCUT2D eigenvalue weighted by Gasteiger charge is -2.09. The van der Waals surface area contributed by atoms with Crippen molar-refractivity contribution in [1.29, 1.82) is 0 Å². The second-order valence-electron chi connectivity index (χ2n) is 4.21. The standard InChI is InChI=1S/C15H15F3O/c1-10(2)11(3)9-12(4)13-5-7-14(8-6-13)19-15(16,17)18/h5-9H,1,4H2,2-3H3/b11-9-. The van der Waals surface area contributed by atoms with Crippen LogP contribution < -0.4 is 4.74 Å². The van der Waals surface area contributed by atoms with Gasteiger partial charge in [0.05, 0.1) is 0 Å². The lowest BCUT2D eigenvalue weighted by atomic mass is 10.0. The molecule has 0 aliphatic heterocycles. The second kappa shape index (κ2) is 5.78. The van der Waals surface area contributed by atoms with Crippen LogP contribution in [0.4, 0.5) is 13.2 Å². The van der Waals surface area contributed by atoms with E-state index < -0.39 is 6.36 Å². The van der Waals surface area contributed by atoms with Crippen molar-refractivity contribution in [2.75, 3.05) is 0 Å². The number of benzene rings is 1. The van der Waals surface area contributed by atoms with E-state index in [2.05, 4.69) is 17.9 Å². The van der Waals surface area contributed by atoms with Crippen LogP contribution in [0.3, 0.4) is 0 Å². The number of alkyl halides is 3. The predicted molar refractivity (Wildman–Crippen MR) is 70.7 cm³/mol. The molecule has 0 amide bonds. The highest BCUT2D eigenvalue weighted by Gasteiger charge is 2.30. The lowest BCUT2D eigenvalue weighted by Crippen LogP contribution is -2.16. The molecule has 0 saturated heterocycles. The van der Waals surface area contributed by atoms with E-state index in [-0.39, 0.29) is 5.75 Å². The molecule has 0 heterocycles. The third kappa shape index (κ3) is 5.04. The van der Waals surface area contributed by atoms with Crippen LogP contribution in [0.5, 0.6) is 5.75 Å². The minimum atomic E-state index is -4.67. The predicted octanol–water partition coefficient (Wildman–Crippen LogP) is 5.12. The second-order valence-corrected chi connectivity index (χ2v) is 4.21. The molecule has 0 N–H and O–H groups in total. The van der Waals surface area contributed by atoms with Gasteiger partial charge in [-0.1, -0.05) is 36.9 Å². The van der Waals surface area contributed by atoms with Gasteiger partial charge in [0.2, 0.25) is 0 Å². The summed E-state index contributed by atoms with van der Waals surface area (Å²) in [6.45, 7) is 11.4. The summed E-state index contributed by atoms with van der Waals surface area (Å²) in [6.07, 6.45) is -2.84. The van der Waals surface area contributed by atoms with Crippen molar-refractivity contribution in [3.05, 3.63) is 60.2 Å². The molecule has 0 aliphatic rings. The Labute approximate surface area is 110 Å². The van der Waals surface area contributed by atoms with Crippen LogP contribution in [0, 0.1) is 0 Å². The summed E-state index contributed by atoms with van der Waals surface area (Å²) < 4.78 is 39.8. The zero-order valence-electron chi connectivity index (χ0n) is 10.8. The topological polar surface area (TPSA) is 9.23 Å². The Morgan fingerprint density at radius 1 is 1.11 bits per heavy atom. The van der Waals surface area contributed by atoms with E-state index >= 15 is 0 Å². The summed E-state index contributed by atoms with van der Waals surface area (Å²) in [5.41, 5.74) is 3.33. The average Bonchev–Trinajstić information content (AvgIpc) is 2.27. The van der Waals surface area contributed by atoms with E-state index in [1.54, 1.807) is 0 Å². The first-order chi connectivity index (χ1) is 8.69. The summed E-state index contributed by atoms with van der Waals surface area (Å²) in [6, 6.07) is 5.59. The van der Waals surface area contributed by atoms with E-state index in [9.17, 15) is 13.2 Å². The molecule has 4 heteroatoms. The van der Waals surface area contributed by atoms with E-state index in [0.29, 0.717) is 5.57 Å². The first-order valence-corrected chi connectivity index (χ1v) is 5.58. The highest BCUT2D eigenvalue weighted by molar-refractivity contribution is 5.73. The van der Waals surface area contributed by atoms with Crippen LogP contribution in [0.1, 0.15) is 19.4 Å². The first-order valence-electron chi connectivity index (χ1n) is 5.58. The summed E-state index contributed by atoms with van der Waals surface area (Å²) >= 11 is 0. The maximum Gasteiger partial charge on any atom is 0.573 e. The van der Waals surface area contributed by atoms with Crippen LogP contribution in [0.2, 0.25) is 0 Å². The van der Waals surface area contributed by atoms with Crippen molar-refractivity contribution >= 4 is 5.57 Å². The fourth-order valence-electron chi connectivity index (χ4n) is 1.34. The minimum Gasteiger partial charge on any atom is -0.406 e. The summed E-state index contributed by atoms with van der Waals surface area (Å²) in [5, 5.41) is 0. The monoisotopic (exact) mass is 268 g/mol. The van der Waals surface area contributed by atoms with Crippen molar-refractivity contribution in [3.63, 3.8) is 0 Å². The van der Waals surface area contributed by atoms with Gasteiger partial charge in [0.15, 0.2) is 0 Å². The zero-order chi connectivity index (χ0) is 14.6. The lowest BCUT2D eigenvalue weighted by molar-refractivity contribution is -0.274. The van der Waals surface area contributed by atoms with Crippen LogP contribution in [0.15, 0.2) is 54.6 Å². The molecule has 102 valence electrons. The fraction of sp³-hybridized carbons (Fsp3) is 0.200. The van der Waals surface area contributed by atoms with Crippen molar-refractivity contribution in [2.45, 2.75) is 20.2 Å². The molecule has 0 aromatic heterocycles. The molecule has 1 aromatic carbocycles. The van der Waals surface area contributed by atoms with Crippen LogP contribution in [-0.4, -0.2) is 6.36 Å². The van der Waals surface area contributed by atoms with Crippen LogP contribution in [-0.2, 0) is 0 Å². The molecule has 0 atom stereocenters. The first kappa shape index (κ1) is 15.1. The van der Waals surface area contributed by atoms with Crippen molar-refractivity contribution in [1.82, 2.24) is 0 Å². The molecule has 0 spiro atoms. The Morgan fingerprint density at radius 3 is 2.05 bits per heavy atom. The number of hydrogen-bond donors (Lipinski definition) is 0. The van der Waals surface area contributed by atoms with Gasteiger partial charge in [-0.2, -0.15) is 0 Å². The molecule has 0 radical (unpaired) electrons. The van der Waals surface area contributed by atoms with Gasteiger partial charge in [-0.15, -0.1) is 13.2 Å². The molecule has 1 nitrogen and oxygen atoms in total. The van der Waals surface area contributed by atoms with Gasteiger partial charge in [-0.05, 0) is 42.7 Å². The maximum atomic E-state index is 12.0. The molecule has 1 rings (SSSR count). The van der Waals surface area contributed by atoms with E-state index in [1.807, 2.05) is 19.9 Å². The highest BCUT2D eigenvalue weighted by atomic mass is 19.4. The van der Waals surface area contributed by atoms with Gasteiger partial charge >= 0.3 is 6.36 Å². The quantitative estimate of drug-likeness (QED) is 0.688. The van der Waals surface area contributed by atoms with Crippen molar-refractivity contribution in [2.24, 2.45) is 0 Å². The van der Waals surface area contributed by atoms with Gasteiger partial charge in [0, 0.05) is 0 Å². The molecule has 0 aliphatic carbocycles. The van der Waals surface area contributed by atoms with E-state index in [1.165, 1.54) is 24.3 Å². The Bertz CT molecular complexity index is 507. The number of halogens is 3. The fourth-order valence-corrected chi connectivity index (χ4v) is 1.34. The highest BCUT2D eigenvalue weighted by Crippen LogP contribution is 2.25. The Kier molecular flexibility index (Phi) is 4.59. The Morgan fingerprint density at radius 2 is 1.63 bits per heavy atom. The average molecular weight is 268 g/mol. The molecular formula is C15H15F3O. The van der Waals surface area contributed by atoms with Gasteiger partial charge in [0.1, 0.15) is 5.75 Å². The van der Waals surface area contributed by atoms with Gasteiger partial charge in [-0.3, -0.25) is 0 Å². The Hall–Kier alpha value is -1.97. The minimum absolute atomic E-state index is 0.246. The number of allylic oxidation sites excluding steroid dienone is 4. The van der Waals surface area contributed by atoms with Gasteiger partial charge in [-0.25, -0.2) is 0 Å². The van der Waals surface area contributed by atoms with Crippen LogP contribution in [0.25, 0.3) is 5.57 Å². The molecule has 1 aromatic rings. The molecule has 0 fully saturated rings. The van der Waals surface area contributed by atoms with Crippen molar-refractivity contribution in [3.8, 4) is 5.75 Å². The molecule has 0 bridgehead atoms. The van der Waals surface area contributed by atoms with Gasteiger partial charge < -0.3 is 4.74 Å². The number of ether oxygens (including phenoxy) is 1. The summed E-state index contributed by atoms with van der Waals surface area (Å²) in [7, 11) is 0. The SMILES string of the molecule is C=C(C)/C(C)=C\C(=C)c1ccc(OC(F)(F)F)cc1. The largest absolute Gasteiger partial charge is 0.573 e. The third-order valence-corrected chi connectivity index (χ3v) is 2.52.